The summed E-state index contributed by atoms with van der Waals surface area (Å²) in [4.78, 5) is 52.8. The smallest absolute Gasteiger partial charge is 0.276 e. The first-order valence-electron chi connectivity index (χ1n) is 11.5. The van der Waals surface area contributed by atoms with E-state index in [-0.39, 0.29) is 48.5 Å². The SMILES string of the molecule is COC1COCCC1N(C)C(=O)c1cn(-c2ccc3c(c2)CN(C2CCC(=O)NC2=O)C3=O)nn1. The van der Waals surface area contributed by atoms with Gasteiger partial charge < -0.3 is 19.3 Å². The predicted octanol–water partition coefficient (Wildman–Crippen LogP) is -0.0958. The number of aromatic nitrogens is 3. The van der Waals surface area contributed by atoms with E-state index in [9.17, 15) is 19.2 Å². The van der Waals surface area contributed by atoms with E-state index in [0.717, 1.165) is 5.56 Å². The number of hydrogen-bond acceptors (Lipinski definition) is 8. The van der Waals surface area contributed by atoms with E-state index < -0.39 is 11.9 Å². The van der Waals surface area contributed by atoms with Gasteiger partial charge in [0, 0.05) is 39.3 Å². The number of benzene rings is 1. The van der Waals surface area contributed by atoms with Crippen LogP contribution in [0.5, 0.6) is 0 Å². The quantitative estimate of drug-likeness (QED) is 0.584. The average Bonchev–Trinajstić information content (AvgIpc) is 3.48. The summed E-state index contributed by atoms with van der Waals surface area (Å²) in [6.07, 6.45) is 2.50. The number of carbonyl (C=O) groups excluding carboxylic acids is 4. The Bertz CT molecular complexity index is 1190. The highest BCUT2D eigenvalue weighted by molar-refractivity contribution is 6.05. The summed E-state index contributed by atoms with van der Waals surface area (Å²) in [5.41, 5.74) is 2.06. The molecule has 12 heteroatoms. The van der Waals surface area contributed by atoms with Crippen molar-refractivity contribution in [3.8, 4) is 5.69 Å². The molecular formula is C23H26N6O6. The third kappa shape index (κ3) is 4.19. The van der Waals surface area contributed by atoms with E-state index in [2.05, 4.69) is 15.6 Å². The molecule has 0 saturated carbocycles. The molecular weight excluding hydrogens is 456 g/mol. The van der Waals surface area contributed by atoms with Gasteiger partial charge in [-0.1, -0.05) is 5.21 Å². The van der Waals surface area contributed by atoms with Gasteiger partial charge in [0.2, 0.25) is 11.8 Å². The highest BCUT2D eigenvalue weighted by atomic mass is 16.5. The molecule has 12 nitrogen and oxygen atoms in total. The zero-order valence-electron chi connectivity index (χ0n) is 19.5. The van der Waals surface area contributed by atoms with Crippen molar-refractivity contribution in [2.75, 3.05) is 27.4 Å². The molecule has 2 fully saturated rings. The minimum absolute atomic E-state index is 0.129. The fourth-order valence-corrected chi connectivity index (χ4v) is 4.89. The summed E-state index contributed by atoms with van der Waals surface area (Å²) < 4.78 is 12.4. The number of carbonyl (C=O) groups is 4. The molecule has 1 aromatic carbocycles. The normalized spacial score (nSPS) is 24.3. The van der Waals surface area contributed by atoms with Crippen molar-refractivity contribution in [3.05, 3.63) is 41.2 Å². The zero-order chi connectivity index (χ0) is 24.7. The molecule has 0 aliphatic carbocycles. The van der Waals surface area contributed by atoms with E-state index in [1.165, 1.54) is 9.58 Å². The average molecular weight is 482 g/mol. The van der Waals surface area contributed by atoms with Gasteiger partial charge in [0.15, 0.2) is 5.69 Å². The van der Waals surface area contributed by atoms with Crippen molar-refractivity contribution in [2.24, 2.45) is 0 Å². The van der Waals surface area contributed by atoms with Crippen LogP contribution in [0, 0.1) is 0 Å². The van der Waals surface area contributed by atoms with Gasteiger partial charge in [-0.05, 0) is 36.6 Å². The summed E-state index contributed by atoms with van der Waals surface area (Å²) in [6.45, 7) is 1.23. The molecule has 3 aliphatic rings. The lowest BCUT2D eigenvalue weighted by molar-refractivity contribution is -0.136. The number of methoxy groups -OCH3 is 1. The van der Waals surface area contributed by atoms with Crippen molar-refractivity contribution in [3.63, 3.8) is 0 Å². The molecule has 1 N–H and O–H groups in total. The summed E-state index contributed by atoms with van der Waals surface area (Å²) in [6, 6.07) is 4.39. The molecule has 35 heavy (non-hydrogen) atoms. The fraction of sp³-hybridized carbons (Fsp3) is 0.478. The van der Waals surface area contributed by atoms with Crippen LogP contribution in [0.2, 0.25) is 0 Å². The van der Waals surface area contributed by atoms with Crippen molar-refractivity contribution in [1.29, 1.82) is 0 Å². The Balaban J connectivity index is 1.32. The molecule has 4 amide bonds. The van der Waals surface area contributed by atoms with Crippen LogP contribution in [0.4, 0.5) is 0 Å². The van der Waals surface area contributed by atoms with Crippen LogP contribution in [-0.4, -0.2) is 94.0 Å². The summed E-state index contributed by atoms with van der Waals surface area (Å²) in [5, 5.41) is 10.5. The molecule has 0 radical (unpaired) electrons. The predicted molar refractivity (Wildman–Crippen MR) is 120 cm³/mol. The zero-order valence-corrected chi connectivity index (χ0v) is 19.5. The monoisotopic (exact) mass is 482 g/mol. The Morgan fingerprint density at radius 2 is 2.09 bits per heavy atom. The number of imide groups is 1. The minimum atomic E-state index is -0.678. The molecule has 0 spiro atoms. The van der Waals surface area contributed by atoms with Gasteiger partial charge in [-0.25, -0.2) is 4.68 Å². The van der Waals surface area contributed by atoms with Crippen molar-refractivity contribution in [2.45, 2.75) is 44.0 Å². The van der Waals surface area contributed by atoms with Crippen molar-refractivity contribution in [1.82, 2.24) is 30.1 Å². The standard InChI is InChI=1S/C23H26N6O6/c1-27(17-7-8-35-12-19(17)34-2)23(33)16-11-29(26-25-16)14-3-4-15-13(9-14)10-28(22(15)32)18-5-6-20(30)24-21(18)31/h3-4,9,11,17-19H,5-8,10,12H2,1-2H3,(H,24,30,31). The molecule has 184 valence electrons. The maximum Gasteiger partial charge on any atom is 0.276 e. The first-order chi connectivity index (χ1) is 16.9. The van der Waals surface area contributed by atoms with Crippen LogP contribution in [0.3, 0.4) is 0 Å². The number of fused-ring (bicyclic) bond motifs is 1. The van der Waals surface area contributed by atoms with E-state index in [1.54, 1.807) is 43.5 Å². The van der Waals surface area contributed by atoms with Gasteiger partial charge >= 0.3 is 0 Å². The third-order valence-electron chi connectivity index (χ3n) is 6.87. The highest BCUT2D eigenvalue weighted by Gasteiger charge is 2.39. The Kier molecular flexibility index (Phi) is 6.07. The van der Waals surface area contributed by atoms with Gasteiger partial charge in [0.1, 0.15) is 12.1 Å². The van der Waals surface area contributed by atoms with Crippen molar-refractivity contribution < 1.29 is 28.7 Å². The van der Waals surface area contributed by atoms with E-state index in [0.29, 0.717) is 37.3 Å². The number of likely N-dealkylation sites (N-methyl/N-ethyl adjacent to an activating group) is 1. The van der Waals surface area contributed by atoms with Crippen LogP contribution < -0.4 is 5.32 Å². The number of hydrogen-bond donors (Lipinski definition) is 1. The molecule has 3 atom stereocenters. The summed E-state index contributed by atoms with van der Waals surface area (Å²) in [5.74, 6) is -1.30. The number of rotatable bonds is 5. The molecule has 2 saturated heterocycles. The van der Waals surface area contributed by atoms with E-state index in [1.807, 2.05) is 0 Å². The molecule has 0 bridgehead atoms. The maximum atomic E-state index is 13.1. The third-order valence-corrected chi connectivity index (χ3v) is 6.87. The lowest BCUT2D eigenvalue weighted by atomic mass is 10.0. The topological polar surface area (TPSA) is 136 Å². The van der Waals surface area contributed by atoms with Crippen LogP contribution >= 0.6 is 0 Å². The number of piperidine rings is 1. The van der Waals surface area contributed by atoms with E-state index in [4.69, 9.17) is 9.47 Å². The van der Waals surface area contributed by atoms with Gasteiger partial charge in [0.05, 0.1) is 24.5 Å². The second-order valence-electron chi connectivity index (χ2n) is 8.91. The van der Waals surface area contributed by atoms with Gasteiger partial charge in [-0.2, -0.15) is 0 Å². The Morgan fingerprint density at radius 3 is 2.86 bits per heavy atom. The largest absolute Gasteiger partial charge is 0.379 e. The first-order valence-corrected chi connectivity index (χ1v) is 11.5. The van der Waals surface area contributed by atoms with Crippen LogP contribution in [0.25, 0.3) is 5.69 Å². The lowest BCUT2D eigenvalue weighted by Gasteiger charge is -2.36. The summed E-state index contributed by atoms with van der Waals surface area (Å²) >= 11 is 0. The Morgan fingerprint density at radius 1 is 1.26 bits per heavy atom. The lowest BCUT2D eigenvalue weighted by Crippen LogP contribution is -2.52. The number of nitrogens with zero attached hydrogens (tertiary/aromatic N) is 5. The van der Waals surface area contributed by atoms with E-state index >= 15 is 0 Å². The Hall–Kier alpha value is -3.64. The number of nitrogens with one attached hydrogen (secondary N) is 1. The molecule has 3 unspecified atom stereocenters. The Labute approximate surface area is 201 Å². The highest BCUT2D eigenvalue weighted by Crippen LogP contribution is 2.29. The molecule has 5 rings (SSSR count). The van der Waals surface area contributed by atoms with Crippen LogP contribution in [0.1, 0.15) is 45.7 Å². The van der Waals surface area contributed by atoms with Gasteiger partial charge in [0.25, 0.3) is 11.8 Å². The second kappa shape index (κ2) is 9.19. The van der Waals surface area contributed by atoms with Crippen LogP contribution in [-0.2, 0) is 25.6 Å². The van der Waals surface area contributed by atoms with Crippen molar-refractivity contribution >= 4 is 23.6 Å². The molecule has 3 aliphatic heterocycles. The van der Waals surface area contributed by atoms with Gasteiger partial charge in [-0.3, -0.25) is 24.5 Å². The fourth-order valence-electron chi connectivity index (χ4n) is 4.89. The molecule has 1 aromatic heterocycles. The minimum Gasteiger partial charge on any atom is -0.379 e. The molecule has 2 aromatic rings. The van der Waals surface area contributed by atoms with Crippen LogP contribution in [0.15, 0.2) is 24.4 Å². The maximum absolute atomic E-state index is 13.1. The second-order valence-corrected chi connectivity index (χ2v) is 8.91. The van der Waals surface area contributed by atoms with Gasteiger partial charge in [-0.15, -0.1) is 5.10 Å². The summed E-state index contributed by atoms with van der Waals surface area (Å²) in [7, 11) is 3.31. The number of ether oxygens (including phenoxy) is 2. The first kappa shape index (κ1) is 23.1. The number of amides is 4. The molecule has 4 heterocycles.